The fraction of sp³-hybridized carbons (Fsp3) is 0.588. The van der Waals surface area contributed by atoms with Crippen LogP contribution in [0.15, 0.2) is 18.2 Å². The summed E-state index contributed by atoms with van der Waals surface area (Å²) >= 11 is 0. The van der Waals surface area contributed by atoms with Crippen LogP contribution in [-0.4, -0.2) is 50.9 Å². The first-order valence-electron chi connectivity index (χ1n) is 7.91. The van der Waals surface area contributed by atoms with E-state index < -0.39 is 9.84 Å². The summed E-state index contributed by atoms with van der Waals surface area (Å²) in [6, 6.07) is 6.02. The Kier molecular flexibility index (Phi) is 5.68. The van der Waals surface area contributed by atoms with Gasteiger partial charge in [0.05, 0.1) is 18.1 Å². The first-order valence-corrected chi connectivity index (χ1v) is 9.73. The monoisotopic (exact) mass is 339 g/mol. The Morgan fingerprint density at radius 2 is 1.91 bits per heavy atom. The topological polar surface area (TPSA) is 63.7 Å². The second-order valence-corrected chi connectivity index (χ2v) is 8.69. The van der Waals surface area contributed by atoms with E-state index in [4.69, 9.17) is 4.74 Å². The second-order valence-electron chi connectivity index (χ2n) is 6.46. The maximum Gasteiger partial charge on any atom is 0.222 e. The van der Waals surface area contributed by atoms with E-state index in [1.54, 1.807) is 11.9 Å². The molecule has 128 valence electrons. The quantitative estimate of drug-likeness (QED) is 0.795. The molecule has 23 heavy (non-hydrogen) atoms. The number of carbonyl (C=O) groups excluding carboxylic acids is 1. The Bertz CT molecular complexity index is 649. The van der Waals surface area contributed by atoms with Crippen LogP contribution in [0.5, 0.6) is 5.75 Å². The lowest BCUT2D eigenvalue weighted by atomic mass is 10.0. The van der Waals surface area contributed by atoms with Gasteiger partial charge in [0.25, 0.3) is 0 Å². The Morgan fingerprint density at radius 1 is 1.26 bits per heavy atom. The van der Waals surface area contributed by atoms with Crippen molar-refractivity contribution in [1.82, 2.24) is 4.90 Å². The minimum absolute atomic E-state index is 0.0175. The third kappa shape index (κ3) is 5.53. The van der Waals surface area contributed by atoms with Crippen molar-refractivity contribution in [1.29, 1.82) is 0 Å². The molecule has 1 aliphatic heterocycles. The summed E-state index contributed by atoms with van der Waals surface area (Å²) in [5, 5.41) is 0. The van der Waals surface area contributed by atoms with Crippen LogP contribution in [0.4, 0.5) is 0 Å². The first kappa shape index (κ1) is 17.8. The molecule has 2 rings (SSSR count). The highest BCUT2D eigenvalue weighted by atomic mass is 32.2. The third-order valence-electron chi connectivity index (χ3n) is 4.11. The van der Waals surface area contributed by atoms with Crippen LogP contribution in [0.1, 0.15) is 24.0 Å². The molecule has 0 aromatic heterocycles. The molecule has 1 aliphatic rings. The average molecular weight is 339 g/mol. The van der Waals surface area contributed by atoms with Crippen molar-refractivity contribution in [3.63, 3.8) is 0 Å². The molecular formula is C17H25NO4S. The summed E-state index contributed by atoms with van der Waals surface area (Å²) in [4.78, 5) is 13.8. The van der Waals surface area contributed by atoms with Gasteiger partial charge in [-0.3, -0.25) is 4.79 Å². The van der Waals surface area contributed by atoms with Crippen LogP contribution in [0.25, 0.3) is 0 Å². The van der Waals surface area contributed by atoms with Gasteiger partial charge in [-0.1, -0.05) is 6.07 Å². The van der Waals surface area contributed by atoms with Gasteiger partial charge in [0.1, 0.15) is 12.4 Å². The Hall–Kier alpha value is -1.56. The summed E-state index contributed by atoms with van der Waals surface area (Å²) in [5.41, 5.74) is 2.29. The van der Waals surface area contributed by atoms with Gasteiger partial charge in [-0.05, 0) is 49.4 Å². The van der Waals surface area contributed by atoms with Crippen molar-refractivity contribution in [3.05, 3.63) is 29.3 Å². The largest absolute Gasteiger partial charge is 0.492 e. The highest BCUT2D eigenvalue weighted by molar-refractivity contribution is 7.91. The van der Waals surface area contributed by atoms with Gasteiger partial charge in [-0.25, -0.2) is 8.42 Å². The Balaban J connectivity index is 1.76. The van der Waals surface area contributed by atoms with E-state index >= 15 is 0 Å². The summed E-state index contributed by atoms with van der Waals surface area (Å²) in [7, 11) is -1.19. The van der Waals surface area contributed by atoms with Crippen LogP contribution in [0.3, 0.4) is 0 Å². The number of amides is 1. The number of ether oxygens (including phenoxy) is 1. The smallest absolute Gasteiger partial charge is 0.222 e. The number of hydrogen-bond donors (Lipinski definition) is 0. The number of aryl methyl sites for hydroxylation is 2. The van der Waals surface area contributed by atoms with Crippen molar-refractivity contribution >= 4 is 15.7 Å². The van der Waals surface area contributed by atoms with Crippen molar-refractivity contribution in [2.75, 3.05) is 31.7 Å². The van der Waals surface area contributed by atoms with Gasteiger partial charge in [-0.2, -0.15) is 0 Å². The summed E-state index contributed by atoms with van der Waals surface area (Å²) < 4.78 is 28.6. The van der Waals surface area contributed by atoms with Gasteiger partial charge >= 0.3 is 0 Å². The van der Waals surface area contributed by atoms with E-state index in [0.29, 0.717) is 26.0 Å². The van der Waals surface area contributed by atoms with E-state index in [1.807, 2.05) is 26.0 Å². The zero-order valence-electron chi connectivity index (χ0n) is 14.0. The zero-order valence-corrected chi connectivity index (χ0v) is 14.9. The lowest BCUT2D eigenvalue weighted by Gasteiger charge is -2.19. The molecule has 0 saturated carbocycles. The van der Waals surface area contributed by atoms with Gasteiger partial charge in [-0.15, -0.1) is 0 Å². The molecule has 0 bridgehead atoms. The number of rotatable bonds is 6. The lowest BCUT2D eigenvalue weighted by Crippen LogP contribution is -2.32. The zero-order chi connectivity index (χ0) is 17.0. The number of benzene rings is 1. The number of hydrogen-bond acceptors (Lipinski definition) is 4. The van der Waals surface area contributed by atoms with Gasteiger partial charge in [0.2, 0.25) is 5.91 Å². The molecule has 1 saturated heterocycles. The van der Waals surface area contributed by atoms with Crippen LogP contribution in [0.2, 0.25) is 0 Å². The standard InChI is InChI=1S/C17H25NO4S/c1-13-8-14(2)10-16(9-13)22-6-5-18(3)17(19)11-15-4-7-23(20,21)12-15/h8-10,15H,4-7,11-12H2,1-3H3. The maximum atomic E-state index is 12.1. The molecule has 1 fully saturated rings. The summed E-state index contributed by atoms with van der Waals surface area (Å²) in [6.45, 7) is 4.95. The second kappa shape index (κ2) is 7.34. The molecule has 5 nitrogen and oxygen atoms in total. The third-order valence-corrected chi connectivity index (χ3v) is 5.94. The first-order chi connectivity index (χ1) is 10.7. The van der Waals surface area contributed by atoms with Gasteiger partial charge in [0.15, 0.2) is 9.84 Å². The molecule has 0 radical (unpaired) electrons. The van der Waals surface area contributed by atoms with Crippen LogP contribution >= 0.6 is 0 Å². The maximum absolute atomic E-state index is 12.1. The minimum Gasteiger partial charge on any atom is -0.492 e. The van der Waals surface area contributed by atoms with E-state index in [-0.39, 0.29) is 23.3 Å². The van der Waals surface area contributed by atoms with E-state index in [0.717, 1.165) is 16.9 Å². The molecule has 0 spiro atoms. The summed E-state index contributed by atoms with van der Waals surface area (Å²) in [5.74, 6) is 1.12. The predicted octanol–water partition coefficient (Wildman–Crippen LogP) is 1.97. The molecule has 1 aromatic carbocycles. The molecule has 1 atom stereocenters. The molecule has 1 unspecified atom stereocenters. The van der Waals surface area contributed by atoms with Crippen molar-refractivity contribution < 1.29 is 17.9 Å². The Labute approximate surface area is 138 Å². The summed E-state index contributed by atoms with van der Waals surface area (Å²) in [6.07, 6.45) is 0.903. The van der Waals surface area contributed by atoms with Crippen molar-refractivity contribution in [2.45, 2.75) is 26.7 Å². The molecule has 0 aliphatic carbocycles. The number of sulfone groups is 1. The number of carbonyl (C=O) groups is 1. The molecule has 1 heterocycles. The molecule has 0 N–H and O–H groups in total. The van der Waals surface area contributed by atoms with Gasteiger partial charge < -0.3 is 9.64 Å². The van der Waals surface area contributed by atoms with E-state index in [2.05, 4.69) is 6.07 Å². The molecule has 6 heteroatoms. The lowest BCUT2D eigenvalue weighted by molar-refractivity contribution is -0.131. The fourth-order valence-electron chi connectivity index (χ4n) is 2.88. The van der Waals surface area contributed by atoms with Crippen LogP contribution in [0, 0.1) is 19.8 Å². The number of nitrogens with zero attached hydrogens (tertiary/aromatic N) is 1. The Morgan fingerprint density at radius 3 is 2.48 bits per heavy atom. The highest BCUT2D eigenvalue weighted by Gasteiger charge is 2.30. The van der Waals surface area contributed by atoms with E-state index in [9.17, 15) is 13.2 Å². The molecule has 1 aromatic rings. The van der Waals surface area contributed by atoms with Gasteiger partial charge in [0, 0.05) is 13.5 Å². The van der Waals surface area contributed by atoms with Crippen LogP contribution < -0.4 is 4.74 Å². The highest BCUT2D eigenvalue weighted by Crippen LogP contribution is 2.22. The fourth-order valence-corrected chi connectivity index (χ4v) is 4.74. The number of likely N-dealkylation sites (N-methyl/N-ethyl adjacent to an activating group) is 1. The average Bonchev–Trinajstić information content (AvgIpc) is 2.76. The normalized spacial score (nSPS) is 19.5. The predicted molar refractivity (Wildman–Crippen MR) is 90.4 cm³/mol. The van der Waals surface area contributed by atoms with E-state index in [1.165, 1.54) is 0 Å². The van der Waals surface area contributed by atoms with Crippen LogP contribution in [-0.2, 0) is 14.6 Å². The van der Waals surface area contributed by atoms with Crippen molar-refractivity contribution in [3.8, 4) is 5.75 Å². The molecular weight excluding hydrogens is 314 g/mol. The molecule has 1 amide bonds. The SMILES string of the molecule is Cc1cc(C)cc(OCCN(C)C(=O)CC2CCS(=O)(=O)C2)c1. The van der Waals surface area contributed by atoms with Crippen molar-refractivity contribution in [2.24, 2.45) is 5.92 Å². The minimum atomic E-state index is -2.92.